The normalized spacial score (nSPS) is 29.9. The second-order valence-corrected chi connectivity index (χ2v) is 5.24. The molecular weight excluding hydrogens is 210 g/mol. The van der Waals surface area contributed by atoms with Gasteiger partial charge in [-0.25, -0.2) is 0 Å². The van der Waals surface area contributed by atoms with Crippen LogP contribution in [0.3, 0.4) is 0 Å². The summed E-state index contributed by atoms with van der Waals surface area (Å²) in [4.78, 5) is 6.85. The van der Waals surface area contributed by atoms with Crippen molar-refractivity contribution in [2.75, 3.05) is 13.1 Å². The van der Waals surface area contributed by atoms with Crippen molar-refractivity contribution in [3.63, 3.8) is 0 Å². The van der Waals surface area contributed by atoms with Gasteiger partial charge in [0.25, 0.3) is 0 Å². The van der Waals surface area contributed by atoms with Crippen LogP contribution in [0.5, 0.6) is 0 Å². The van der Waals surface area contributed by atoms with Crippen LogP contribution < -0.4 is 5.32 Å². The van der Waals surface area contributed by atoms with Gasteiger partial charge in [-0.15, -0.1) is 0 Å². The van der Waals surface area contributed by atoms with E-state index in [0.29, 0.717) is 0 Å². The predicted molar refractivity (Wildman–Crippen MR) is 68.7 cm³/mol. The monoisotopic (exact) mass is 231 g/mol. The molecule has 0 bridgehead atoms. The van der Waals surface area contributed by atoms with Crippen molar-refractivity contribution in [2.24, 2.45) is 0 Å². The van der Waals surface area contributed by atoms with Crippen molar-refractivity contribution in [3.05, 3.63) is 30.1 Å². The fraction of sp³-hybridized carbons (Fsp3) is 0.643. The van der Waals surface area contributed by atoms with E-state index in [2.05, 4.69) is 21.3 Å². The largest absolute Gasteiger partial charge is 0.312 e. The van der Waals surface area contributed by atoms with E-state index in [1.165, 1.54) is 44.3 Å². The van der Waals surface area contributed by atoms with Crippen LogP contribution in [0.2, 0.25) is 0 Å². The predicted octanol–water partition coefficient (Wildman–Crippen LogP) is 1.80. The highest BCUT2D eigenvalue weighted by Crippen LogP contribution is 2.26. The maximum atomic E-state index is 4.21. The number of nitrogens with zero attached hydrogens (tertiary/aromatic N) is 2. The minimum Gasteiger partial charge on any atom is -0.312 e. The van der Waals surface area contributed by atoms with Gasteiger partial charge in [0.15, 0.2) is 0 Å². The van der Waals surface area contributed by atoms with Gasteiger partial charge in [0.2, 0.25) is 0 Å². The molecule has 0 spiro atoms. The number of rotatable bonds is 3. The van der Waals surface area contributed by atoms with Gasteiger partial charge < -0.3 is 5.32 Å². The van der Waals surface area contributed by atoms with Gasteiger partial charge in [-0.3, -0.25) is 9.88 Å². The van der Waals surface area contributed by atoms with Crippen LogP contribution >= 0.6 is 0 Å². The molecule has 2 atom stereocenters. The molecule has 0 amide bonds. The Bertz CT molecular complexity index is 346. The lowest BCUT2D eigenvalue weighted by molar-refractivity contribution is 0.206. The second-order valence-electron chi connectivity index (χ2n) is 5.24. The van der Waals surface area contributed by atoms with Crippen molar-refractivity contribution in [1.82, 2.24) is 15.2 Å². The Morgan fingerprint density at radius 3 is 3.12 bits per heavy atom. The molecule has 3 heteroatoms. The molecule has 2 aliphatic rings. The van der Waals surface area contributed by atoms with E-state index in [1.807, 2.05) is 18.5 Å². The molecule has 1 N–H and O–H groups in total. The van der Waals surface area contributed by atoms with Crippen molar-refractivity contribution >= 4 is 0 Å². The SMILES string of the molecule is c1cncc(CN2CCCC2C2CCCN2)c1. The van der Waals surface area contributed by atoms with E-state index >= 15 is 0 Å². The maximum absolute atomic E-state index is 4.21. The van der Waals surface area contributed by atoms with Crippen LogP contribution in [0, 0.1) is 0 Å². The second kappa shape index (κ2) is 5.15. The van der Waals surface area contributed by atoms with E-state index in [1.54, 1.807) is 0 Å². The highest BCUT2D eigenvalue weighted by molar-refractivity contribution is 5.09. The molecule has 2 saturated heterocycles. The highest BCUT2D eigenvalue weighted by atomic mass is 15.2. The number of aromatic nitrogens is 1. The molecule has 0 aromatic carbocycles. The van der Waals surface area contributed by atoms with Crippen LogP contribution in [-0.4, -0.2) is 35.1 Å². The van der Waals surface area contributed by atoms with E-state index in [4.69, 9.17) is 0 Å². The Hall–Kier alpha value is -0.930. The van der Waals surface area contributed by atoms with Crippen LogP contribution in [0.4, 0.5) is 0 Å². The van der Waals surface area contributed by atoms with E-state index in [0.717, 1.165) is 18.6 Å². The molecule has 2 aliphatic heterocycles. The Morgan fingerprint density at radius 2 is 2.35 bits per heavy atom. The molecule has 1 aromatic heterocycles. The first-order chi connectivity index (χ1) is 8.43. The van der Waals surface area contributed by atoms with Gasteiger partial charge in [-0.05, 0) is 50.4 Å². The molecule has 1 aromatic rings. The summed E-state index contributed by atoms with van der Waals surface area (Å²) in [6.07, 6.45) is 9.26. The van der Waals surface area contributed by atoms with Gasteiger partial charge in [-0.1, -0.05) is 6.07 Å². The fourth-order valence-electron chi connectivity index (χ4n) is 3.27. The molecule has 0 radical (unpaired) electrons. The molecular formula is C14H21N3. The number of hydrogen-bond donors (Lipinski definition) is 1. The van der Waals surface area contributed by atoms with Gasteiger partial charge in [0.1, 0.15) is 0 Å². The Balaban J connectivity index is 1.65. The van der Waals surface area contributed by atoms with Gasteiger partial charge >= 0.3 is 0 Å². The molecule has 2 unspecified atom stereocenters. The Kier molecular flexibility index (Phi) is 3.39. The maximum Gasteiger partial charge on any atom is 0.0312 e. The molecule has 0 aliphatic carbocycles. The lowest BCUT2D eigenvalue weighted by Gasteiger charge is -2.29. The smallest absolute Gasteiger partial charge is 0.0312 e. The zero-order valence-electron chi connectivity index (χ0n) is 10.3. The molecule has 17 heavy (non-hydrogen) atoms. The third kappa shape index (κ3) is 2.50. The summed E-state index contributed by atoms with van der Waals surface area (Å²) in [5.74, 6) is 0. The van der Waals surface area contributed by atoms with E-state index < -0.39 is 0 Å². The summed E-state index contributed by atoms with van der Waals surface area (Å²) in [7, 11) is 0. The lowest BCUT2D eigenvalue weighted by Crippen LogP contribution is -2.43. The van der Waals surface area contributed by atoms with Crippen LogP contribution in [0.25, 0.3) is 0 Å². The standard InChI is InChI=1S/C14H21N3/c1-4-12(10-15-7-1)11-17-9-3-6-14(17)13-5-2-8-16-13/h1,4,7,10,13-14,16H,2-3,5-6,8-9,11H2. The number of hydrogen-bond acceptors (Lipinski definition) is 3. The van der Waals surface area contributed by atoms with Crippen molar-refractivity contribution in [2.45, 2.75) is 44.3 Å². The summed E-state index contributed by atoms with van der Waals surface area (Å²) in [5.41, 5.74) is 1.34. The zero-order valence-corrected chi connectivity index (χ0v) is 10.3. The summed E-state index contributed by atoms with van der Waals surface area (Å²) >= 11 is 0. The molecule has 3 nitrogen and oxygen atoms in total. The Morgan fingerprint density at radius 1 is 1.35 bits per heavy atom. The first-order valence-electron chi connectivity index (χ1n) is 6.80. The quantitative estimate of drug-likeness (QED) is 0.860. The molecule has 0 saturated carbocycles. The van der Waals surface area contributed by atoms with Crippen molar-refractivity contribution < 1.29 is 0 Å². The highest BCUT2D eigenvalue weighted by Gasteiger charge is 2.32. The van der Waals surface area contributed by atoms with Crippen LogP contribution in [0.1, 0.15) is 31.2 Å². The van der Waals surface area contributed by atoms with Gasteiger partial charge in [-0.2, -0.15) is 0 Å². The molecule has 3 heterocycles. The van der Waals surface area contributed by atoms with E-state index in [9.17, 15) is 0 Å². The minimum absolute atomic E-state index is 0.731. The first kappa shape index (κ1) is 11.2. The summed E-state index contributed by atoms with van der Waals surface area (Å²) in [5, 5.41) is 3.66. The van der Waals surface area contributed by atoms with E-state index in [-0.39, 0.29) is 0 Å². The Labute approximate surface area is 103 Å². The summed E-state index contributed by atoms with van der Waals surface area (Å²) < 4.78 is 0. The summed E-state index contributed by atoms with van der Waals surface area (Å²) in [6, 6.07) is 5.70. The third-order valence-electron chi connectivity index (χ3n) is 4.09. The fourth-order valence-corrected chi connectivity index (χ4v) is 3.27. The zero-order chi connectivity index (χ0) is 11.5. The topological polar surface area (TPSA) is 28.2 Å². The molecule has 92 valence electrons. The number of nitrogens with one attached hydrogen (secondary N) is 1. The van der Waals surface area contributed by atoms with Gasteiger partial charge in [0, 0.05) is 31.0 Å². The number of pyridine rings is 1. The minimum atomic E-state index is 0.731. The average Bonchev–Trinajstić information content (AvgIpc) is 3.00. The van der Waals surface area contributed by atoms with Crippen LogP contribution in [0.15, 0.2) is 24.5 Å². The number of likely N-dealkylation sites (tertiary alicyclic amines) is 1. The molecule has 3 rings (SSSR count). The molecule has 2 fully saturated rings. The van der Waals surface area contributed by atoms with Crippen molar-refractivity contribution in [3.8, 4) is 0 Å². The average molecular weight is 231 g/mol. The first-order valence-corrected chi connectivity index (χ1v) is 6.80. The van der Waals surface area contributed by atoms with Crippen LogP contribution in [-0.2, 0) is 6.54 Å². The lowest BCUT2D eigenvalue weighted by atomic mass is 10.0. The van der Waals surface area contributed by atoms with Gasteiger partial charge in [0.05, 0.1) is 0 Å². The van der Waals surface area contributed by atoms with Crippen molar-refractivity contribution in [1.29, 1.82) is 0 Å². The summed E-state index contributed by atoms with van der Waals surface area (Å²) in [6.45, 7) is 3.52. The third-order valence-corrected chi connectivity index (χ3v) is 4.09.